The monoisotopic (exact) mass is 423 g/mol. The Balaban J connectivity index is 1.47. The maximum Gasteiger partial charge on any atom is 0.375 e. The first-order chi connectivity index (χ1) is 15.0. The molecule has 1 aromatic heterocycles. The Hall–Kier alpha value is -3.32. The number of carbonyl (C=O) groups is 2. The molecule has 2 heterocycles. The Kier molecular flexibility index (Phi) is 6.23. The molecule has 0 radical (unpaired) electrons. The van der Waals surface area contributed by atoms with Gasteiger partial charge in [0.2, 0.25) is 5.76 Å². The van der Waals surface area contributed by atoms with Crippen LogP contribution in [0.15, 0.2) is 59.0 Å². The quantitative estimate of drug-likeness (QED) is 0.561. The topological polar surface area (TPSA) is 78.2 Å². The number of benzene rings is 2. The van der Waals surface area contributed by atoms with Gasteiger partial charge >= 0.3 is 5.97 Å². The second-order valence-corrected chi connectivity index (χ2v) is 7.64. The van der Waals surface area contributed by atoms with E-state index in [1.165, 1.54) is 0 Å². The summed E-state index contributed by atoms with van der Waals surface area (Å²) >= 11 is 0. The number of esters is 1. The van der Waals surface area contributed by atoms with E-state index < -0.39 is 5.97 Å². The smallest absolute Gasteiger partial charge is 0.375 e. The van der Waals surface area contributed by atoms with Gasteiger partial charge in [-0.15, -0.1) is 0 Å². The molecule has 0 unspecified atom stereocenters. The van der Waals surface area contributed by atoms with Gasteiger partial charge in [-0.25, -0.2) is 4.79 Å². The molecule has 0 N–H and O–H groups in total. The summed E-state index contributed by atoms with van der Waals surface area (Å²) in [5.74, 6) is -0.217. The van der Waals surface area contributed by atoms with Gasteiger partial charge in [0.1, 0.15) is 17.9 Å². The van der Waals surface area contributed by atoms with Gasteiger partial charge in [-0.05, 0) is 32.0 Å². The zero-order valence-electron chi connectivity index (χ0n) is 17.6. The van der Waals surface area contributed by atoms with E-state index in [0.717, 1.165) is 5.39 Å². The minimum Gasteiger partial charge on any atom is -0.489 e. The molecule has 1 aliphatic heterocycles. The number of amides is 1. The fourth-order valence-corrected chi connectivity index (χ4v) is 3.74. The largest absolute Gasteiger partial charge is 0.489 e. The molecule has 1 amide bonds. The predicted octanol–water partition coefficient (Wildman–Crippen LogP) is 3.80. The van der Waals surface area contributed by atoms with Crippen molar-refractivity contribution in [3.05, 3.63) is 65.9 Å². The van der Waals surface area contributed by atoms with Crippen LogP contribution in [0.4, 0.5) is 0 Å². The van der Waals surface area contributed by atoms with Crippen molar-refractivity contribution in [1.82, 2.24) is 4.90 Å². The lowest BCUT2D eigenvalue weighted by Crippen LogP contribution is -2.49. The molecule has 7 heteroatoms. The van der Waals surface area contributed by atoms with Crippen molar-refractivity contribution in [2.45, 2.75) is 32.7 Å². The van der Waals surface area contributed by atoms with Crippen LogP contribution in [-0.2, 0) is 20.9 Å². The second-order valence-electron chi connectivity index (χ2n) is 7.64. The fourth-order valence-electron chi connectivity index (χ4n) is 3.74. The number of para-hydroxylation sites is 2. The number of hydrogen-bond acceptors (Lipinski definition) is 6. The van der Waals surface area contributed by atoms with Crippen molar-refractivity contribution >= 4 is 22.8 Å². The zero-order chi connectivity index (χ0) is 21.8. The Morgan fingerprint density at radius 1 is 1.00 bits per heavy atom. The molecule has 162 valence electrons. The normalized spacial score (nSPS) is 18.7. The summed E-state index contributed by atoms with van der Waals surface area (Å²) in [6.45, 7) is 4.56. The number of fused-ring (bicyclic) bond motifs is 1. The van der Waals surface area contributed by atoms with Crippen LogP contribution in [0.25, 0.3) is 11.0 Å². The third kappa shape index (κ3) is 4.88. The molecule has 4 rings (SSSR count). The average Bonchev–Trinajstić information content (AvgIpc) is 3.14. The molecule has 2 atom stereocenters. The van der Waals surface area contributed by atoms with E-state index in [-0.39, 0.29) is 37.1 Å². The molecule has 0 spiro atoms. The third-order valence-corrected chi connectivity index (χ3v) is 5.11. The SMILES string of the molecule is C[C@@H]1CN(C(=O)COC(=O)c2oc3ccccc3c2COc2ccccc2)C[C@H](C)O1. The van der Waals surface area contributed by atoms with Crippen LogP contribution in [-0.4, -0.2) is 48.7 Å². The number of ether oxygens (including phenoxy) is 3. The number of hydrogen-bond donors (Lipinski definition) is 0. The van der Waals surface area contributed by atoms with E-state index in [1.807, 2.05) is 62.4 Å². The molecule has 1 saturated heterocycles. The highest BCUT2D eigenvalue weighted by atomic mass is 16.5. The van der Waals surface area contributed by atoms with E-state index >= 15 is 0 Å². The van der Waals surface area contributed by atoms with Gasteiger partial charge in [-0.2, -0.15) is 0 Å². The van der Waals surface area contributed by atoms with Crippen LogP contribution in [0.5, 0.6) is 5.75 Å². The molecule has 2 aromatic carbocycles. The number of nitrogens with zero attached hydrogens (tertiary/aromatic N) is 1. The highest BCUT2D eigenvalue weighted by Crippen LogP contribution is 2.28. The number of morpholine rings is 1. The van der Waals surface area contributed by atoms with Crippen LogP contribution in [0.2, 0.25) is 0 Å². The lowest BCUT2D eigenvalue weighted by Gasteiger charge is -2.35. The van der Waals surface area contributed by atoms with Crippen molar-refractivity contribution in [3.8, 4) is 5.75 Å². The van der Waals surface area contributed by atoms with E-state index in [9.17, 15) is 9.59 Å². The van der Waals surface area contributed by atoms with Crippen molar-refractivity contribution in [3.63, 3.8) is 0 Å². The van der Waals surface area contributed by atoms with Crippen molar-refractivity contribution in [2.24, 2.45) is 0 Å². The number of furan rings is 1. The van der Waals surface area contributed by atoms with Crippen LogP contribution in [0.3, 0.4) is 0 Å². The van der Waals surface area contributed by atoms with Gasteiger partial charge in [0.15, 0.2) is 6.61 Å². The second kappa shape index (κ2) is 9.22. The van der Waals surface area contributed by atoms with E-state index in [2.05, 4.69) is 0 Å². The standard InChI is InChI=1S/C24H25NO6/c1-16-12-25(13-17(2)30-16)22(26)15-29-24(27)23-20(14-28-18-8-4-3-5-9-18)19-10-6-7-11-21(19)31-23/h3-11,16-17H,12-15H2,1-2H3/t16-,17+. The summed E-state index contributed by atoms with van der Waals surface area (Å²) < 4.78 is 22.6. The molecule has 0 bridgehead atoms. The van der Waals surface area contributed by atoms with E-state index in [4.69, 9.17) is 18.6 Å². The van der Waals surface area contributed by atoms with Crippen LogP contribution in [0, 0.1) is 0 Å². The maximum absolute atomic E-state index is 12.8. The van der Waals surface area contributed by atoms with Crippen molar-refractivity contribution in [2.75, 3.05) is 19.7 Å². The third-order valence-electron chi connectivity index (χ3n) is 5.11. The summed E-state index contributed by atoms with van der Waals surface area (Å²) in [4.78, 5) is 27.0. The highest BCUT2D eigenvalue weighted by Gasteiger charge is 2.28. The van der Waals surface area contributed by atoms with Gasteiger partial charge in [0.25, 0.3) is 5.91 Å². The molecule has 0 saturated carbocycles. The fraction of sp³-hybridized carbons (Fsp3) is 0.333. The van der Waals surface area contributed by atoms with Crippen LogP contribution in [0.1, 0.15) is 30.0 Å². The van der Waals surface area contributed by atoms with Crippen LogP contribution < -0.4 is 4.74 Å². The van der Waals surface area contributed by atoms with E-state index in [1.54, 1.807) is 11.0 Å². The zero-order valence-corrected chi connectivity index (χ0v) is 17.6. The highest BCUT2D eigenvalue weighted by molar-refractivity contribution is 5.96. The summed E-state index contributed by atoms with van der Waals surface area (Å²) in [6.07, 6.45) is -0.110. The van der Waals surface area contributed by atoms with Gasteiger partial charge in [-0.3, -0.25) is 4.79 Å². The predicted molar refractivity (Wildman–Crippen MR) is 114 cm³/mol. The minimum absolute atomic E-state index is 0.0497. The minimum atomic E-state index is -0.689. The Labute approximate surface area is 180 Å². The van der Waals surface area contributed by atoms with Gasteiger partial charge < -0.3 is 23.5 Å². The summed E-state index contributed by atoms with van der Waals surface area (Å²) in [5.41, 5.74) is 1.15. The lowest BCUT2D eigenvalue weighted by atomic mass is 10.1. The average molecular weight is 423 g/mol. The molecule has 31 heavy (non-hydrogen) atoms. The first kappa shape index (κ1) is 20.9. The summed E-state index contributed by atoms with van der Waals surface area (Å²) in [7, 11) is 0. The summed E-state index contributed by atoms with van der Waals surface area (Å²) in [5, 5.41) is 0.771. The Morgan fingerprint density at radius 3 is 2.42 bits per heavy atom. The maximum atomic E-state index is 12.8. The lowest BCUT2D eigenvalue weighted by molar-refractivity contribution is -0.146. The molecule has 1 aliphatic rings. The molecule has 1 fully saturated rings. The summed E-state index contributed by atoms with van der Waals surface area (Å²) in [6, 6.07) is 16.6. The molecular formula is C24H25NO6. The molecule has 3 aromatic rings. The van der Waals surface area contributed by atoms with Gasteiger partial charge in [0.05, 0.1) is 17.8 Å². The van der Waals surface area contributed by atoms with E-state index in [0.29, 0.717) is 30.0 Å². The van der Waals surface area contributed by atoms with Gasteiger partial charge in [0, 0.05) is 18.5 Å². The Bertz CT molecular complexity index is 1050. The van der Waals surface area contributed by atoms with Gasteiger partial charge in [-0.1, -0.05) is 36.4 Å². The Morgan fingerprint density at radius 2 is 1.68 bits per heavy atom. The number of rotatable bonds is 6. The molecular weight excluding hydrogens is 398 g/mol. The van der Waals surface area contributed by atoms with Crippen molar-refractivity contribution < 1.29 is 28.2 Å². The molecule has 7 nitrogen and oxygen atoms in total. The number of carbonyl (C=O) groups excluding carboxylic acids is 2. The molecule has 0 aliphatic carbocycles. The first-order valence-electron chi connectivity index (χ1n) is 10.3. The first-order valence-corrected chi connectivity index (χ1v) is 10.3. The van der Waals surface area contributed by atoms with Crippen molar-refractivity contribution in [1.29, 1.82) is 0 Å². The van der Waals surface area contributed by atoms with Crippen LogP contribution >= 0.6 is 0 Å².